The highest BCUT2D eigenvalue weighted by Gasteiger charge is 2.33. The normalized spacial score (nSPS) is 12.6. The van der Waals surface area contributed by atoms with Gasteiger partial charge in [-0.1, -0.05) is 6.07 Å². The first-order valence-electron chi connectivity index (χ1n) is 7.71. The molecule has 0 aliphatic rings. The zero-order valence-electron chi connectivity index (χ0n) is 14.9. The fourth-order valence-corrected chi connectivity index (χ4v) is 4.00. The summed E-state index contributed by atoms with van der Waals surface area (Å²) in [5, 5.41) is 0. The summed E-state index contributed by atoms with van der Waals surface area (Å²) in [5.41, 5.74) is 4.03. The molecule has 11 heteroatoms. The van der Waals surface area contributed by atoms with E-state index in [2.05, 4.69) is 4.74 Å². The van der Waals surface area contributed by atoms with E-state index in [-0.39, 0.29) is 11.3 Å². The van der Waals surface area contributed by atoms with Crippen molar-refractivity contribution in [3.63, 3.8) is 0 Å². The van der Waals surface area contributed by atoms with Gasteiger partial charge in [0.1, 0.15) is 23.3 Å². The minimum Gasteiger partial charge on any atom is -0.366 e. The van der Waals surface area contributed by atoms with Gasteiger partial charge in [-0.2, -0.15) is 0 Å². The van der Waals surface area contributed by atoms with Crippen molar-refractivity contribution in [2.24, 2.45) is 5.73 Å². The monoisotopic (exact) mass is 418 g/mol. The number of hydrogen-bond donors (Lipinski definition) is 1. The quantitative estimate of drug-likeness (QED) is 0.664. The van der Waals surface area contributed by atoms with Crippen LogP contribution in [0, 0.1) is 11.6 Å². The number of nitrogens with two attached hydrogens (primary N) is 1. The second-order valence-electron chi connectivity index (χ2n) is 5.50. The Bertz CT molecular complexity index is 985. The fourth-order valence-electron chi connectivity index (χ4n) is 2.52. The highest BCUT2D eigenvalue weighted by Crippen LogP contribution is 2.36. The van der Waals surface area contributed by atoms with E-state index in [0.29, 0.717) is 16.4 Å². The average molecular weight is 418 g/mol. The number of rotatable bonds is 8. The van der Waals surface area contributed by atoms with Crippen LogP contribution in [-0.4, -0.2) is 35.3 Å². The van der Waals surface area contributed by atoms with Gasteiger partial charge in [-0.15, -0.1) is 0 Å². The molecule has 0 saturated heterocycles. The predicted molar refractivity (Wildman–Crippen MR) is 93.7 cm³/mol. The second kappa shape index (κ2) is 8.59. The molecule has 0 aromatic heterocycles. The lowest BCUT2D eigenvalue weighted by molar-refractivity contribution is -0.00680. The summed E-state index contributed by atoms with van der Waals surface area (Å²) >= 11 is 0. The highest BCUT2D eigenvalue weighted by atomic mass is 32.2. The number of hydrogen-bond acceptors (Lipinski definition) is 5. The van der Waals surface area contributed by atoms with Gasteiger partial charge in [0.2, 0.25) is 12.3 Å². The summed E-state index contributed by atoms with van der Waals surface area (Å²) in [7, 11) is -2.62. The molecule has 28 heavy (non-hydrogen) atoms. The largest absolute Gasteiger partial charge is 0.366 e. The third-order valence-electron chi connectivity index (χ3n) is 3.76. The van der Waals surface area contributed by atoms with Crippen molar-refractivity contribution >= 4 is 21.6 Å². The number of benzene rings is 2. The number of carbonyl (C=O) groups excluding carboxylic acids is 1. The van der Waals surface area contributed by atoms with Crippen LogP contribution in [0.15, 0.2) is 41.3 Å². The molecule has 0 saturated carbocycles. The van der Waals surface area contributed by atoms with Gasteiger partial charge < -0.3 is 15.2 Å². The van der Waals surface area contributed by atoms with E-state index >= 15 is 0 Å². The van der Waals surface area contributed by atoms with Crippen LogP contribution >= 0.6 is 0 Å². The molecule has 2 N–H and O–H groups in total. The number of anilines is 1. The molecule has 0 radical (unpaired) electrons. The molecule has 0 bridgehead atoms. The zero-order chi connectivity index (χ0) is 21.1. The summed E-state index contributed by atoms with van der Waals surface area (Å²) in [6.45, 7) is -0.691. The maximum atomic E-state index is 14.5. The summed E-state index contributed by atoms with van der Waals surface area (Å²) in [4.78, 5) is 10.7. The maximum absolute atomic E-state index is 14.5. The SMILES string of the molecule is COCN(c1cccc(C(N)=O)c1C(F)OC)S(=O)(=O)c1cc(F)ccc1F. The average Bonchev–Trinajstić information content (AvgIpc) is 2.66. The van der Waals surface area contributed by atoms with Crippen molar-refractivity contribution < 1.29 is 35.9 Å². The van der Waals surface area contributed by atoms with E-state index < -0.39 is 51.1 Å². The molecule has 152 valence electrons. The summed E-state index contributed by atoms with van der Waals surface area (Å²) < 4.78 is 78.0. The van der Waals surface area contributed by atoms with Gasteiger partial charge in [-0.05, 0) is 30.3 Å². The lowest BCUT2D eigenvalue weighted by Crippen LogP contribution is -2.35. The first-order valence-corrected chi connectivity index (χ1v) is 9.15. The molecule has 0 spiro atoms. The third kappa shape index (κ3) is 4.11. The third-order valence-corrected chi connectivity index (χ3v) is 5.51. The first kappa shape index (κ1) is 21.7. The number of alkyl halides is 1. The lowest BCUT2D eigenvalue weighted by atomic mass is 10.0. The van der Waals surface area contributed by atoms with E-state index in [9.17, 15) is 26.4 Å². The molecule has 0 aliphatic carbocycles. The van der Waals surface area contributed by atoms with Crippen molar-refractivity contribution in [3.8, 4) is 0 Å². The van der Waals surface area contributed by atoms with Gasteiger partial charge in [0, 0.05) is 25.3 Å². The van der Waals surface area contributed by atoms with Crippen LogP contribution in [0.1, 0.15) is 22.3 Å². The highest BCUT2D eigenvalue weighted by molar-refractivity contribution is 7.92. The van der Waals surface area contributed by atoms with E-state index in [1.54, 1.807) is 0 Å². The number of ether oxygens (including phenoxy) is 2. The number of carbonyl (C=O) groups is 1. The van der Waals surface area contributed by atoms with Crippen LogP contribution in [0.25, 0.3) is 0 Å². The first-order chi connectivity index (χ1) is 13.1. The van der Waals surface area contributed by atoms with Crippen LogP contribution in [0.3, 0.4) is 0 Å². The van der Waals surface area contributed by atoms with Crippen LogP contribution < -0.4 is 10.0 Å². The summed E-state index contributed by atoms with van der Waals surface area (Å²) in [6, 6.07) is 5.45. The van der Waals surface area contributed by atoms with Gasteiger partial charge >= 0.3 is 0 Å². The van der Waals surface area contributed by atoms with Gasteiger partial charge in [-0.25, -0.2) is 25.9 Å². The molecule has 2 aromatic carbocycles. The predicted octanol–water partition coefficient (Wildman–Crippen LogP) is 2.48. The number of halogens is 3. The van der Waals surface area contributed by atoms with Gasteiger partial charge in [-0.3, -0.25) is 4.79 Å². The Kier molecular flexibility index (Phi) is 6.65. The second-order valence-corrected chi connectivity index (χ2v) is 7.33. The Hall–Kier alpha value is -2.63. The fraction of sp³-hybridized carbons (Fsp3) is 0.235. The van der Waals surface area contributed by atoms with Gasteiger partial charge in [0.05, 0.1) is 5.69 Å². The number of primary amides is 1. The van der Waals surface area contributed by atoms with Crippen molar-refractivity contribution in [2.75, 3.05) is 25.3 Å². The number of methoxy groups -OCH3 is 2. The molecule has 1 atom stereocenters. The summed E-state index contributed by atoms with van der Waals surface area (Å²) in [6.07, 6.45) is -2.23. The Morgan fingerprint density at radius 3 is 2.46 bits per heavy atom. The Labute approximate surface area is 159 Å². The molecular formula is C17H17F3N2O5S. The molecular weight excluding hydrogens is 401 g/mol. The Morgan fingerprint density at radius 2 is 1.89 bits per heavy atom. The van der Waals surface area contributed by atoms with E-state index in [1.807, 2.05) is 0 Å². The van der Waals surface area contributed by atoms with E-state index in [1.165, 1.54) is 12.1 Å². The summed E-state index contributed by atoms with van der Waals surface area (Å²) in [5.74, 6) is -3.26. The molecule has 2 rings (SSSR count). The molecule has 7 nitrogen and oxygen atoms in total. The Balaban J connectivity index is 2.79. The maximum Gasteiger partial charge on any atom is 0.269 e. The van der Waals surface area contributed by atoms with E-state index in [4.69, 9.17) is 10.5 Å². The molecule has 0 fully saturated rings. The van der Waals surface area contributed by atoms with E-state index in [0.717, 1.165) is 26.4 Å². The van der Waals surface area contributed by atoms with Crippen molar-refractivity contribution in [3.05, 3.63) is 59.2 Å². The molecule has 2 aromatic rings. The molecule has 1 unspecified atom stereocenters. The topological polar surface area (TPSA) is 98.9 Å². The van der Waals surface area contributed by atoms with Crippen molar-refractivity contribution in [1.82, 2.24) is 0 Å². The van der Waals surface area contributed by atoms with Crippen LogP contribution in [0.2, 0.25) is 0 Å². The van der Waals surface area contributed by atoms with Crippen molar-refractivity contribution in [1.29, 1.82) is 0 Å². The number of sulfonamides is 1. The minimum atomic E-state index is -4.76. The smallest absolute Gasteiger partial charge is 0.269 e. The number of amides is 1. The zero-order valence-corrected chi connectivity index (χ0v) is 15.7. The van der Waals surface area contributed by atoms with Crippen LogP contribution in [0.5, 0.6) is 0 Å². The molecule has 1 amide bonds. The lowest BCUT2D eigenvalue weighted by Gasteiger charge is -2.27. The van der Waals surface area contributed by atoms with Crippen molar-refractivity contribution in [2.45, 2.75) is 11.3 Å². The molecule has 0 aliphatic heterocycles. The van der Waals surface area contributed by atoms with Crippen LogP contribution in [0.4, 0.5) is 18.9 Å². The standard InChI is InChI=1S/C17H17F3N2O5S/c1-26-9-22(28(24,25)14-8-10(18)6-7-12(14)19)13-5-3-4-11(17(21)23)15(13)16(20)27-2/h3-8,16H,9H2,1-2H3,(H2,21,23). The minimum absolute atomic E-state index is 0.345. The Morgan fingerprint density at radius 1 is 1.21 bits per heavy atom. The van der Waals surface area contributed by atoms with Gasteiger partial charge in [0.25, 0.3) is 10.0 Å². The number of nitrogens with zero attached hydrogens (tertiary/aromatic N) is 1. The van der Waals surface area contributed by atoms with Gasteiger partial charge in [0.15, 0.2) is 0 Å². The molecule has 0 heterocycles. The van der Waals surface area contributed by atoms with Crippen LogP contribution in [-0.2, 0) is 19.5 Å².